The zero-order valence-electron chi connectivity index (χ0n) is 9.90. The molecule has 3 nitrogen and oxygen atoms in total. The van der Waals surface area contributed by atoms with E-state index in [1.165, 1.54) is 18.2 Å². The number of rotatable bonds is 2. The van der Waals surface area contributed by atoms with Crippen LogP contribution in [0.2, 0.25) is 0 Å². The highest BCUT2D eigenvalue weighted by molar-refractivity contribution is 5.78. The normalized spacial score (nSPS) is 20.4. The van der Waals surface area contributed by atoms with Crippen LogP contribution in [-0.2, 0) is 0 Å². The minimum atomic E-state index is -1.10. The molecule has 2 N–H and O–H groups in total. The van der Waals surface area contributed by atoms with Crippen molar-refractivity contribution < 1.29 is 19.0 Å². The number of benzene rings is 1. The van der Waals surface area contributed by atoms with Crippen LogP contribution in [0.5, 0.6) is 0 Å². The van der Waals surface area contributed by atoms with Crippen molar-refractivity contribution in [3.8, 4) is 0 Å². The Morgan fingerprint density at radius 1 is 1.22 bits per heavy atom. The number of hydrogen-bond acceptors (Lipinski definition) is 3. The van der Waals surface area contributed by atoms with Gasteiger partial charge in [0.1, 0.15) is 23.3 Å². The lowest BCUT2D eigenvalue weighted by atomic mass is 9.93. The van der Waals surface area contributed by atoms with Crippen LogP contribution in [-0.4, -0.2) is 15.8 Å². The molecule has 1 aromatic heterocycles. The van der Waals surface area contributed by atoms with E-state index in [9.17, 15) is 14.6 Å². The SMILES string of the molecule is OC(c1cc2cc(F)ccc2o1)C1(O)CCCC1. The predicted molar refractivity (Wildman–Crippen MR) is 64.5 cm³/mol. The van der Waals surface area contributed by atoms with Crippen LogP contribution in [0.4, 0.5) is 4.39 Å². The molecule has 1 atom stereocenters. The highest BCUT2D eigenvalue weighted by atomic mass is 19.1. The van der Waals surface area contributed by atoms with Gasteiger partial charge in [-0.05, 0) is 37.1 Å². The first-order chi connectivity index (χ1) is 8.58. The zero-order valence-corrected chi connectivity index (χ0v) is 9.90. The molecule has 0 bridgehead atoms. The van der Waals surface area contributed by atoms with Gasteiger partial charge in [-0.25, -0.2) is 4.39 Å². The first-order valence-electron chi connectivity index (χ1n) is 6.18. The van der Waals surface area contributed by atoms with E-state index in [2.05, 4.69) is 0 Å². The number of aliphatic hydroxyl groups excluding tert-OH is 1. The number of aliphatic hydroxyl groups is 2. The monoisotopic (exact) mass is 250 g/mol. The summed E-state index contributed by atoms with van der Waals surface area (Å²) in [5.74, 6) is -0.0380. The lowest BCUT2D eigenvalue weighted by Gasteiger charge is -2.26. The first-order valence-corrected chi connectivity index (χ1v) is 6.18. The summed E-state index contributed by atoms with van der Waals surface area (Å²) in [6, 6.07) is 5.79. The van der Waals surface area contributed by atoms with Crippen molar-refractivity contribution in [1.29, 1.82) is 0 Å². The van der Waals surface area contributed by atoms with E-state index in [0.717, 1.165) is 12.8 Å². The Hall–Kier alpha value is -1.39. The molecule has 1 fully saturated rings. The standard InChI is InChI=1S/C14H15FO3/c15-10-3-4-11-9(7-10)8-12(18-11)13(16)14(17)5-1-2-6-14/h3-4,7-8,13,16-17H,1-2,5-6H2. The van der Waals surface area contributed by atoms with Crippen LogP contribution in [0.3, 0.4) is 0 Å². The Kier molecular flexibility index (Phi) is 2.64. The molecule has 1 unspecified atom stereocenters. The Labute approximate surface area is 104 Å². The smallest absolute Gasteiger partial charge is 0.140 e. The van der Waals surface area contributed by atoms with E-state index in [1.54, 1.807) is 6.07 Å². The van der Waals surface area contributed by atoms with E-state index in [0.29, 0.717) is 29.6 Å². The highest BCUT2D eigenvalue weighted by Crippen LogP contribution is 2.41. The maximum absolute atomic E-state index is 13.1. The van der Waals surface area contributed by atoms with Gasteiger partial charge in [0, 0.05) is 5.39 Å². The molecule has 4 heteroatoms. The van der Waals surface area contributed by atoms with Crippen molar-refractivity contribution in [2.75, 3.05) is 0 Å². The third kappa shape index (κ3) is 1.82. The van der Waals surface area contributed by atoms with Gasteiger partial charge in [-0.2, -0.15) is 0 Å². The Bertz CT molecular complexity index is 569. The summed E-state index contributed by atoms with van der Waals surface area (Å²) in [5.41, 5.74) is -0.584. The second-order valence-corrected chi connectivity index (χ2v) is 5.04. The zero-order chi connectivity index (χ0) is 12.8. The Morgan fingerprint density at radius 3 is 2.67 bits per heavy atom. The highest BCUT2D eigenvalue weighted by Gasteiger charge is 2.41. The molecule has 1 heterocycles. The topological polar surface area (TPSA) is 53.6 Å². The fraction of sp³-hybridized carbons (Fsp3) is 0.429. The summed E-state index contributed by atoms with van der Waals surface area (Å²) in [6.07, 6.45) is 1.90. The molecule has 2 aromatic rings. The summed E-state index contributed by atoms with van der Waals surface area (Å²) in [4.78, 5) is 0. The van der Waals surface area contributed by atoms with E-state index < -0.39 is 11.7 Å². The molecule has 0 saturated heterocycles. The second kappa shape index (κ2) is 4.07. The number of furan rings is 1. The number of hydrogen-bond donors (Lipinski definition) is 2. The third-order valence-corrected chi connectivity index (χ3v) is 3.75. The van der Waals surface area contributed by atoms with Crippen LogP contribution in [0.15, 0.2) is 28.7 Å². The molecule has 1 aliphatic carbocycles. The molecule has 1 aliphatic rings. The fourth-order valence-electron chi connectivity index (χ4n) is 2.69. The van der Waals surface area contributed by atoms with Crippen molar-refractivity contribution in [2.24, 2.45) is 0 Å². The quantitative estimate of drug-likeness (QED) is 0.861. The molecular formula is C14H15FO3. The van der Waals surface area contributed by atoms with Gasteiger partial charge in [-0.15, -0.1) is 0 Å². The van der Waals surface area contributed by atoms with Gasteiger partial charge in [0.25, 0.3) is 0 Å². The van der Waals surface area contributed by atoms with Crippen molar-refractivity contribution >= 4 is 11.0 Å². The number of fused-ring (bicyclic) bond motifs is 1. The molecular weight excluding hydrogens is 235 g/mol. The average molecular weight is 250 g/mol. The molecule has 0 aliphatic heterocycles. The number of halogens is 1. The average Bonchev–Trinajstić information content (AvgIpc) is 2.94. The molecule has 3 rings (SSSR count). The van der Waals surface area contributed by atoms with E-state index in [1.807, 2.05) is 0 Å². The van der Waals surface area contributed by atoms with Crippen LogP contribution in [0.1, 0.15) is 37.5 Å². The van der Waals surface area contributed by atoms with Crippen molar-refractivity contribution in [3.63, 3.8) is 0 Å². The maximum Gasteiger partial charge on any atom is 0.140 e. The van der Waals surface area contributed by atoms with Gasteiger partial charge < -0.3 is 14.6 Å². The van der Waals surface area contributed by atoms with Gasteiger partial charge in [0.15, 0.2) is 0 Å². The van der Waals surface area contributed by atoms with Crippen molar-refractivity contribution in [1.82, 2.24) is 0 Å². The summed E-state index contributed by atoms with van der Waals surface area (Å²) in [6.45, 7) is 0. The van der Waals surface area contributed by atoms with Crippen LogP contribution < -0.4 is 0 Å². The molecule has 1 aromatic carbocycles. The molecule has 1 saturated carbocycles. The van der Waals surface area contributed by atoms with E-state index in [-0.39, 0.29) is 5.82 Å². The minimum absolute atomic E-state index is 0.306. The van der Waals surface area contributed by atoms with Gasteiger partial charge in [0.05, 0.1) is 5.60 Å². The third-order valence-electron chi connectivity index (χ3n) is 3.75. The van der Waals surface area contributed by atoms with Crippen LogP contribution in [0.25, 0.3) is 11.0 Å². The second-order valence-electron chi connectivity index (χ2n) is 5.04. The van der Waals surface area contributed by atoms with Gasteiger partial charge in [-0.1, -0.05) is 12.8 Å². The van der Waals surface area contributed by atoms with Crippen LogP contribution >= 0.6 is 0 Å². The van der Waals surface area contributed by atoms with E-state index >= 15 is 0 Å². The largest absolute Gasteiger partial charge is 0.458 e. The van der Waals surface area contributed by atoms with Gasteiger partial charge in [0.2, 0.25) is 0 Å². The predicted octanol–water partition coefficient (Wildman–Crippen LogP) is 2.91. The maximum atomic E-state index is 13.1. The van der Waals surface area contributed by atoms with E-state index in [4.69, 9.17) is 4.42 Å². The lowest BCUT2D eigenvalue weighted by molar-refractivity contribution is -0.0801. The van der Waals surface area contributed by atoms with Crippen molar-refractivity contribution in [3.05, 3.63) is 35.8 Å². The Balaban J connectivity index is 1.98. The summed E-state index contributed by atoms with van der Waals surface area (Å²) < 4.78 is 18.6. The first kappa shape index (κ1) is 11.7. The van der Waals surface area contributed by atoms with Crippen LogP contribution in [0, 0.1) is 5.82 Å². The van der Waals surface area contributed by atoms with Gasteiger partial charge >= 0.3 is 0 Å². The molecule has 0 amide bonds. The summed E-state index contributed by atoms with van der Waals surface area (Å²) in [5, 5.41) is 21.1. The van der Waals surface area contributed by atoms with Gasteiger partial charge in [-0.3, -0.25) is 0 Å². The molecule has 0 spiro atoms. The lowest BCUT2D eigenvalue weighted by Crippen LogP contribution is -2.32. The fourth-order valence-corrected chi connectivity index (χ4v) is 2.69. The molecule has 18 heavy (non-hydrogen) atoms. The minimum Gasteiger partial charge on any atom is -0.458 e. The Morgan fingerprint density at radius 2 is 1.94 bits per heavy atom. The summed E-state index contributed by atoms with van der Waals surface area (Å²) in [7, 11) is 0. The molecule has 96 valence electrons. The summed E-state index contributed by atoms with van der Waals surface area (Å²) >= 11 is 0. The van der Waals surface area contributed by atoms with Crippen molar-refractivity contribution in [2.45, 2.75) is 37.4 Å². The molecule has 0 radical (unpaired) electrons.